The fraction of sp³-hybridized carbons (Fsp3) is 0.100. The zero-order valence-electron chi connectivity index (χ0n) is 15.6. The van der Waals surface area contributed by atoms with E-state index in [0.29, 0.717) is 16.3 Å². The van der Waals surface area contributed by atoms with E-state index in [-0.39, 0.29) is 26.5 Å². The Morgan fingerprint density at radius 2 is 1.70 bits per heavy atom. The molecule has 2 N–H and O–H groups in total. The van der Waals surface area contributed by atoms with Crippen molar-refractivity contribution in [3.05, 3.63) is 70.2 Å². The molecule has 30 heavy (non-hydrogen) atoms. The van der Waals surface area contributed by atoms with Crippen molar-refractivity contribution < 1.29 is 23.1 Å². The van der Waals surface area contributed by atoms with Gasteiger partial charge in [-0.1, -0.05) is 41.4 Å². The van der Waals surface area contributed by atoms with Gasteiger partial charge in [0.2, 0.25) is 0 Å². The fourth-order valence-electron chi connectivity index (χ4n) is 3.00. The first-order valence-electron chi connectivity index (χ1n) is 8.59. The summed E-state index contributed by atoms with van der Waals surface area (Å²) in [4.78, 5) is 23.3. The van der Waals surface area contributed by atoms with Gasteiger partial charge in [-0.3, -0.25) is 13.9 Å². The number of nitrogens with zero attached hydrogens (tertiary/aromatic N) is 1. The minimum atomic E-state index is -4.29. The molecule has 7 nitrogen and oxygen atoms in total. The topological polar surface area (TPSA) is 104 Å². The number of carboxylic acids is 1. The van der Waals surface area contributed by atoms with E-state index >= 15 is 0 Å². The molecule has 0 aliphatic carbocycles. The third-order valence-corrected chi connectivity index (χ3v) is 6.51. The molecule has 0 saturated heterocycles. The molecular formula is C20H16Cl2N2O5S. The number of hydrogen-bond acceptors (Lipinski definition) is 4. The van der Waals surface area contributed by atoms with Crippen LogP contribution in [0.25, 0.3) is 10.8 Å². The molecule has 0 spiro atoms. The highest BCUT2D eigenvalue weighted by molar-refractivity contribution is 7.92. The van der Waals surface area contributed by atoms with Crippen molar-refractivity contribution in [2.24, 2.45) is 0 Å². The molecule has 0 unspecified atom stereocenters. The van der Waals surface area contributed by atoms with Gasteiger partial charge in [-0.05, 0) is 47.2 Å². The van der Waals surface area contributed by atoms with Crippen molar-refractivity contribution in [1.82, 2.24) is 5.32 Å². The Morgan fingerprint density at radius 3 is 2.30 bits per heavy atom. The van der Waals surface area contributed by atoms with Crippen LogP contribution in [0.3, 0.4) is 0 Å². The van der Waals surface area contributed by atoms with E-state index in [1.165, 1.54) is 37.4 Å². The van der Waals surface area contributed by atoms with Crippen molar-refractivity contribution in [3.63, 3.8) is 0 Å². The summed E-state index contributed by atoms with van der Waals surface area (Å²) >= 11 is 11.9. The maximum Gasteiger partial charge on any atom is 0.324 e. The molecule has 0 saturated carbocycles. The predicted octanol–water partition coefficient (Wildman–Crippen LogP) is 3.79. The summed E-state index contributed by atoms with van der Waals surface area (Å²) < 4.78 is 27.2. The van der Waals surface area contributed by atoms with Crippen LogP contribution < -0.4 is 9.62 Å². The standard InChI is InChI=1S/C20H16Cl2N2O5S/c1-23-20(27)18-4-2-3-12-7-15(5-6-17(12)18)24(11-19(25)26)30(28,29)16-9-13(21)8-14(22)10-16/h2-10H,11H2,1H3,(H,23,27)(H,25,26). The summed E-state index contributed by atoms with van der Waals surface area (Å²) in [6.45, 7) is -0.812. The van der Waals surface area contributed by atoms with E-state index in [2.05, 4.69) is 5.32 Å². The number of sulfonamides is 1. The number of carbonyl (C=O) groups excluding carboxylic acids is 1. The first kappa shape index (κ1) is 21.9. The van der Waals surface area contributed by atoms with Crippen LogP contribution in [0.2, 0.25) is 10.0 Å². The summed E-state index contributed by atoms with van der Waals surface area (Å²) in [5.74, 6) is -1.64. The summed E-state index contributed by atoms with van der Waals surface area (Å²) in [6, 6.07) is 13.3. The zero-order chi connectivity index (χ0) is 22.1. The first-order chi connectivity index (χ1) is 14.1. The maximum atomic E-state index is 13.2. The van der Waals surface area contributed by atoms with Gasteiger partial charge < -0.3 is 10.4 Å². The van der Waals surface area contributed by atoms with Crippen LogP contribution in [-0.4, -0.2) is 39.0 Å². The van der Waals surface area contributed by atoms with Crippen LogP contribution in [0.1, 0.15) is 10.4 Å². The number of benzene rings is 3. The number of aliphatic carboxylic acids is 1. The van der Waals surface area contributed by atoms with Crippen molar-refractivity contribution in [2.75, 3.05) is 17.9 Å². The first-order valence-corrected chi connectivity index (χ1v) is 10.8. The van der Waals surface area contributed by atoms with Gasteiger partial charge in [-0.25, -0.2) is 8.42 Å². The Hall–Kier alpha value is -2.81. The average Bonchev–Trinajstić information content (AvgIpc) is 2.69. The molecule has 0 fully saturated rings. The Morgan fingerprint density at radius 1 is 1.03 bits per heavy atom. The van der Waals surface area contributed by atoms with Gasteiger partial charge in [-0.15, -0.1) is 0 Å². The molecule has 1 amide bonds. The minimum absolute atomic E-state index is 0.102. The number of anilines is 1. The predicted molar refractivity (Wildman–Crippen MR) is 116 cm³/mol. The molecule has 10 heteroatoms. The quantitative estimate of drug-likeness (QED) is 0.574. The van der Waals surface area contributed by atoms with Gasteiger partial charge in [0.15, 0.2) is 0 Å². The second-order valence-electron chi connectivity index (χ2n) is 6.30. The second-order valence-corrected chi connectivity index (χ2v) is 9.04. The third-order valence-electron chi connectivity index (χ3n) is 4.33. The lowest BCUT2D eigenvalue weighted by Crippen LogP contribution is -2.35. The second kappa shape index (κ2) is 8.51. The molecular weight excluding hydrogens is 451 g/mol. The van der Waals surface area contributed by atoms with Gasteiger partial charge in [0, 0.05) is 22.7 Å². The number of fused-ring (bicyclic) bond motifs is 1. The van der Waals surface area contributed by atoms with E-state index < -0.39 is 22.5 Å². The normalized spacial score (nSPS) is 11.3. The lowest BCUT2D eigenvalue weighted by molar-refractivity contribution is -0.135. The molecule has 0 aromatic heterocycles. The van der Waals surface area contributed by atoms with E-state index in [4.69, 9.17) is 23.2 Å². The Labute approximate surface area is 182 Å². The van der Waals surface area contributed by atoms with Crippen LogP contribution in [-0.2, 0) is 14.8 Å². The average molecular weight is 467 g/mol. The van der Waals surface area contributed by atoms with Crippen LogP contribution in [0.4, 0.5) is 5.69 Å². The van der Waals surface area contributed by atoms with E-state index in [9.17, 15) is 23.1 Å². The van der Waals surface area contributed by atoms with Gasteiger partial charge in [0.25, 0.3) is 15.9 Å². The lowest BCUT2D eigenvalue weighted by Gasteiger charge is -2.23. The monoisotopic (exact) mass is 466 g/mol. The number of hydrogen-bond donors (Lipinski definition) is 2. The molecule has 3 aromatic carbocycles. The highest BCUT2D eigenvalue weighted by Gasteiger charge is 2.28. The molecule has 0 radical (unpaired) electrons. The van der Waals surface area contributed by atoms with Crippen molar-refractivity contribution in [3.8, 4) is 0 Å². The van der Waals surface area contributed by atoms with Gasteiger partial charge in [0.05, 0.1) is 10.6 Å². The number of amides is 1. The minimum Gasteiger partial charge on any atom is -0.480 e. The third kappa shape index (κ3) is 4.35. The Balaban J connectivity index is 2.17. The van der Waals surface area contributed by atoms with Crippen molar-refractivity contribution in [1.29, 1.82) is 0 Å². The van der Waals surface area contributed by atoms with Crippen LogP contribution in [0.15, 0.2) is 59.5 Å². The number of nitrogens with one attached hydrogen (secondary N) is 1. The van der Waals surface area contributed by atoms with Crippen LogP contribution >= 0.6 is 23.2 Å². The van der Waals surface area contributed by atoms with E-state index in [1.54, 1.807) is 24.3 Å². The lowest BCUT2D eigenvalue weighted by atomic mass is 10.0. The summed E-state index contributed by atoms with van der Waals surface area (Å²) in [5, 5.41) is 13.2. The smallest absolute Gasteiger partial charge is 0.324 e. The molecule has 3 rings (SSSR count). The van der Waals surface area contributed by atoms with Crippen LogP contribution in [0, 0.1) is 0 Å². The number of carboxylic acid groups (broad SMARTS) is 1. The number of rotatable bonds is 6. The molecule has 156 valence electrons. The van der Waals surface area contributed by atoms with E-state index in [0.717, 1.165) is 4.31 Å². The highest BCUT2D eigenvalue weighted by atomic mass is 35.5. The summed E-state index contributed by atoms with van der Waals surface area (Å²) in [7, 11) is -2.78. The zero-order valence-corrected chi connectivity index (χ0v) is 17.9. The molecule has 0 heterocycles. The van der Waals surface area contributed by atoms with Crippen molar-refractivity contribution in [2.45, 2.75) is 4.90 Å². The molecule has 0 bridgehead atoms. The number of carbonyl (C=O) groups is 2. The SMILES string of the molecule is CNC(=O)c1cccc2cc(N(CC(=O)O)S(=O)(=O)c3cc(Cl)cc(Cl)c3)ccc12. The molecule has 0 aliphatic heterocycles. The van der Waals surface area contributed by atoms with Crippen LogP contribution in [0.5, 0.6) is 0 Å². The van der Waals surface area contributed by atoms with Gasteiger partial charge in [0.1, 0.15) is 6.54 Å². The number of halogens is 2. The molecule has 0 atom stereocenters. The molecule has 0 aliphatic rings. The van der Waals surface area contributed by atoms with E-state index in [1.807, 2.05) is 0 Å². The largest absolute Gasteiger partial charge is 0.480 e. The fourth-order valence-corrected chi connectivity index (χ4v) is 5.13. The Kier molecular flexibility index (Phi) is 6.21. The highest BCUT2D eigenvalue weighted by Crippen LogP contribution is 2.31. The van der Waals surface area contributed by atoms with Crippen molar-refractivity contribution >= 4 is 61.6 Å². The molecule has 3 aromatic rings. The van der Waals surface area contributed by atoms with Gasteiger partial charge in [-0.2, -0.15) is 0 Å². The maximum absolute atomic E-state index is 13.2. The summed E-state index contributed by atoms with van der Waals surface area (Å²) in [6.07, 6.45) is 0. The summed E-state index contributed by atoms with van der Waals surface area (Å²) in [5.41, 5.74) is 0.533. The van der Waals surface area contributed by atoms with Gasteiger partial charge >= 0.3 is 5.97 Å². The Bertz CT molecular complexity index is 1240.